The second-order valence-corrected chi connectivity index (χ2v) is 4.23. The van der Waals surface area contributed by atoms with Crippen LogP contribution in [0.25, 0.3) is 0 Å². The van der Waals surface area contributed by atoms with Gasteiger partial charge in [0.15, 0.2) is 0 Å². The van der Waals surface area contributed by atoms with E-state index in [4.69, 9.17) is 0 Å². The van der Waals surface area contributed by atoms with E-state index < -0.39 is 5.97 Å². The zero-order valence-electron chi connectivity index (χ0n) is 9.73. The molecule has 1 N–H and O–H groups in total. The molecular formula is C15H16O2. The molecule has 0 bridgehead atoms. The normalized spacial score (nSPS) is 19.9. The third-order valence-electron chi connectivity index (χ3n) is 2.97. The van der Waals surface area contributed by atoms with Gasteiger partial charge in [-0.3, -0.25) is 0 Å². The molecule has 0 aliphatic heterocycles. The van der Waals surface area contributed by atoms with Crippen molar-refractivity contribution in [2.24, 2.45) is 0 Å². The van der Waals surface area contributed by atoms with Crippen LogP contribution in [0.2, 0.25) is 0 Å². The van der Waals surface area contributed by atoms with Gasteiger partial charge in [0.1, 0.15) is 0 Å². The van der Waals surface area contributed by atoms with Crippen molar-refractivity contribution in [1.29, 1.82) is 0 Å². The molecule has 0 unspecified atom stereocenters. The molecular weight excluding hydrogens is 212 g/mol. The number of carbonyl (C=O) groups is 1. The molecule has 2 nitrogen and oxygen atoms in total. The molecule has 0 aromatic rings. The van der Waals surface area contributed by atoms with Crippen molar-refractivity contribution in [3.63, 3.8) is 0 Å². The predicted molar refractivity (Wildman–Crippen MR) is 68.6 cm³/mol. The Labute approximate surface area is 101 Å². The van der Waals surface area contributed by atoms with Crippen LogP contribution in [-0.2, 0) is 4.79 Å². The monoisotopic (exact) mass is 228 g/mol. The van der Waals surface area contributed by atoms with Gasteiger partial charge in [-0.25, -0.2) is 4.79 Å². The summed E-state index contributed by atoms with van der Waals surface area (Å²) in [5.74, 6) is -0.831. The van der Waals surface area contributed by atoms with E-state index in [-0.39, 0.29) is 0 Å². The number of carboxylic acids is 1. The molecule has 0 spiro atoms. The lowest BCUT2D eigenvalue weighted by molar-refractivity contribution is -0.132. The maximum Gasteiger partial charge on any atom is 0.335 e. The van der Waals surface area contributed by atoms with Gasteiger partial charge in [0.05, 0.1) is 5.57 Å². The van der Waals surface area contributed by atoms with Gasteiger partial charge in [-0.15, -0.1) is 0 Å². The minimum atomic E-state index is -0.831. The van der Waals surface area contributed by atoms with Crippen LogP contribution < -0.4 is 0 Å². The molecule has 17 heavy (non-hydrogen) atoms. The van der Waals surface area contributed by atoms with E-state index >= 15 is 0 Å². The zero-order valence-corrected chi connectivity index (χ0v) is 9.73. The Hall–Kier alpha value is -1.83. The number of hydrogen-bond acceptors (Lipinski definition) is 1. The Morgan fingerprint density at radius 2 is 1.82 bits per heavy atom. The smallest absolute Gasteiger partial charge is 0.335 e. The molecule has 0 aromatic heterocycles. The maximum absolute atomic E-state index is 11.3. The van der Waals surface area contributed by atoms with Gasteiger partial charge in [-0.2, -0.15) is 0 Å². The summed E-state index contributed by atoms with van der Waals surface area (Å²) < 4.78 is 0. The topological polar surface area (TPSA) is 37.3 Å². The highest BCUT2D eigenvalue weighted by Gasteiger charge is 2.14. The molecule has 88 valence electrons. The number of allylic oxidation sites excluding steroid dienone is 8. The van der Waals surface area contributed by atoms with Gasteiger partial charge in [0.2, 0.25) is 0 Å². The van der Waals surface area contributed by atoms with Crippen molar-refractivity contribution < 1.29 is 9.90 Å². The molecule has 0 amide bonds. The number of carboxylic acid groups (broad SMARTS) is 1. The number of aliphatic carboxylic acids is 1. The molecule has 0 aromatic carbocycles. The minimum absolute atomic E-state index is 0.441. The summed E-state index contributed by atoms with van der Waals surface area (Å²) in [5, 5.41) is 9.28. The van der Waals surface area contributed by atoms with Crippen molar-refractivity contribution in [3.05, 3.63) is 59.3 Å². The fourth-order valence-corrected chi connectivity index (χ4v) is 2.05. The fourth-order valence-electron chi connectivity index (χ4n) is 2.05. The van der Waals surface area contributed by atoms with Crippen molar-refractivity contribution in [2.45, 2.75) is 25.7 Å². The zero-order chi connectivity index (χ0) is 12.1. The predicted octanol–water partition coefficient (Wildman–Crippen LogP) is 3.55. The average molecular weight is 228 g/mol. The average Bonchev–Trinajstić information content (AvgIpc) is 2.38. The number of hydrogen-bond donors (Lipinski definition) is 1. The fraction of sp³-hybridized carbons (Fsp3) is 0.267. The minimum Gasteiger partial charge on any atom is -0.478 e. The molecule has 0 atom stereocenters. The summed E-state index contributed by atoms with van der Waals surface area (Å²) >= 11 is 0. The van der Waals surface area contributed by atoms with Gasteiger partial charge in [-0.05, 0) is 42.9 Å². The molecule has 0 saturated carbocycles. The standard InChI is InChI=1S/C15H16O2/c16-15(17)14(13-9-5-2-6-10-13)11-12-7-3-1-4-8-12/h1-3,5,7,9,11H,4,6,8,10H2,(H,16,17). The Balaban J connectivity index is 2.28. The SMILES string of the molecule is O=C(O)C(=CC1=CC=CCC1)C1=CC=CCC1. The Morgan fingerprint density at radius 1 is 1.12 bits per heavy atom. The Bertz CT molecular complexity index is 459. The largest absolute Gasteiger partial charge is 0.478 e. The highest BCUT2D eigenvalue weighted by atomic mass is 16.4. The quantitative estimate of drug-likeness (QED) is 0.750. The van der Waals surface area contributed by atoms with Crippen molar-refractivity contribution >= 4 is 5.97 Å². The van der Waals surface area contributed by atoms with E-state index in [0.717, 1.165) is 36.8 Å². The van der Waals surface area contributed by atoms with E-state index in [9.17, 15) is 9.90 Å². The van der Waals surface area contributed by atoms with Crippen LogP contribution in [0.15, 0.2) is 59.3 Å². The molecule has 0 saturated heterocycles. The molecule has 2 heteroatoms. The van der Waals surface area contributed by atoms with Crippen molar-refractivity contribution in [2.75, 3.05) is 0 Å². The van der Waals surface area contributed by atoms with Crippen LogP contribution in [0.4, 0.5) is 0 Å². The number of rotatable bonds is 3. The first-order valence-electron chi connectivity index (χ1n) is 5.94. The first-order chi connectivity index (χ1) is 8.27. The van der Waals surface area contributed by atoms with E-state index in [2.05, 4.69) is 12.2 Å². The summed E-state index contributed by atoms with van der Waals surface area (Å²) in [6.07, 6.45) is 17.5. The van der Waals surface area contributed by atoms with Gasteiger partial charge < -0.3 is 5.11 Å². The summed E-state index contributed by atoms with van der Waals surface area (Å²) in [5.41, 5.74) is 2.46. The first kappa shape index (κ1) is 11.6. The lowest BCUT2D eigenvalue weighted by Crippen LogP contribution is -2.06. The van der Waals surface area contributed by atoms with Crippen LogP contribution >= 0.6 is 0 Å². The highest BCUT2D eigenvalue weighted by Crippen LogP contribution is 2.24. The maximum atomic E-state index is 11.3. The molecule has 0 fully saturated rings. The van der Waals surface area contributed by atoms with Crippen molar-refractivity contribution in [1.82, 2.24) is 0 Å². The Morgan fingerprint density at radius 3 is 2.35 bits per heavy atom. The van der Waals surface area contributed by atoms with Crippen LogP contribution in [0.3, 0.4) is 0 Å². The van der Waals surface area contributed by atoms with E-state index in [0.29, 0.717) is 5.57 Å². The molecule has 2 rings (SSSR count). The van der Waals surface area contributed by atoms with Crippen LogP contribution in [0.5, 0.6) is 0 Å². The second-order valence-electron chi connectivity index (χ2n) is 4.23. The summed E-state index contributed by atoms with van der Waals surface area (Å²) in [4.78, 5) is 11.3. The summed E-state index contributed by atoms with van der Waals surface area (Å²) in [7, 11) is 0. The first-order valence-corrected chi connectivity index (χ1v) is 5.94. The molecule has 2 aliphatic rings. The van der Waals surface area contributed by atoms with Gasteiger partial charge in [0.25, 0.3) is 0 Å². The third-order valence-corrected chi connectivity index (χ3v) is 2.97. The third kappa shape index (κ3) is 3.06. The van der Waals surface area contributed by atoms with E-state index in [1.54, 1.807) is 0 Å². The molecule has 0 heterocycles. The lowest BCUT2D eigenvalue weighted by atomic mass is 9.94. The molecule has 2 aliphatic carbocycles. The van der Waals surface area contributed by atoms with Gasteiger partial charge in [-0.1, -0.05) is 36.5 Å². The lowest BCUT2D eigenvalue weighted by Gasteiger charge is -2.11. The van der Waals surface area contributed by atoms with E-state index in [1.165, 1.54) is 0 Å². The summed E-state index contributed by atoms with van der Waals surface area (Å²) in [6.45, 7) is 0. The molecule has 0 radical (unpaired) electrons. The highest BCUT2D eigenvalue weighted by molar-refractivity contribution is 5.92. The summed E-state index contributed by atoms with van der Waals surface area (Å²) in [6, 6.07) is 0. The van der Waals surface area contributed by atoms with Crippen LogP contribution in [0.1, 0.15) is 25.7 Å². The van der Waals surface area contributed by atoms with Crippen LogP contribution in [0, 0.1) is 0 Å². The van der Waals surface area contributed by atoms with Gasteiger partial charge in [0, 0.05) is 0 Å². The van der Waals surface area contributed by atoms with E-state index in [1.807, 2.05) is 30.4 Å². The van der Waals surface area contributed by atoms with Crippen molar-refractivity contribution in [3.8, 4) is 0 Å². The second kappa shape index (κ2) is 5.48. The van der Waals surface area contributed by atoms with Gasteiger partial charge >= 0.3 is 5.97 Å². The van der Waals surface area contributed by atoms with Crippen LogP contribution in [-0.4, -0.2) is 11.1 Å². The Kier molecular flexibility index (Phi) is 3.76.